The van der Waals surface area contributed by atoms with Crippen LogP contribution in [0.4, 0.5) is 11.8 Å². The topological polar surface area (TPSA) is 76.1 Å². The fourth-order valence-electron chi connectivity index (χ4n) is 2.97. The van der Waals surface area contributed by atoms with Gasteiger partial charge >= 0.3 is 0 Å². The van der Waals surface area contributed by atoms with Crippen molar-refractivity contribution in [2.45, 2.75) is 33.4 Å². The molecule has 3 rings (SSSR count). The van der Waals surface area contributed by atoms with Crippen molar-refractivity contribution in [2.75, 3.05) is 36.8 Å². The second-order valence-corrected chi connectivity index (χ2v) is 6.06. The van der Waals surface area contributed by atoms with Crippen molar-refractivity contribution < 1.29 is 0 Å². The van der Waals surface area contributed by atoms with Gasteiger partial charge in [-0.15, -0.1) is 0 Å². The molecule has 3 heterocycles. The molecule has 7 nitrogen and oxygen atoms in total. The average molecular weight is 315 g/mol. The van der Waals surface area contributed by atoms with Gasteiger partial charge in [-0.1, -0.05) is 0 Å². The van der Waals surface area contributed by atoms with Crippen molar-refractivity contribution in [3.8, 4) is 0 Å². The first-order chi connectivity index (χ1) is 11.1. The van der Waals surface area contributed by atoms with Crippen LogP contribution in [0, 0.1) is 6.92 Å². The summed E-state index contributed by atoms with van der Waals surface area (Å²) in [6.07, 6.45) is 5.20. The van der Waals surface area contributed by atoms with Crippen LogP contribution >= 0.6 is 0 Å². The number of aromatic nitrogens is 4. The Morgan fingerprint density at radius 3 is 2.78 bits per heavy atom. The highest BCUT2D eigenvalue weighted by Crippen LogP contribution is 2.15. The third-order valence-electron chi connectivity index (χ3n) is 4.15. The van der Waals surface area contributed by atoms with E-state index in [9.17, 15) is 0 Å². The molecule has 0 unspecified atom stereocenters. The summed E-state index contributed by atoms with van der Waals surface area (Å²) >= 11 is 0. The number of nitrogens with two attached hydrogens (primary N) is 1. The van der Waals surface area contributed by atoms with Gasteiger partial charge in [0.1, 0.15) is 5.82 Å². The molecular weight excluding hydrogens is 290 g/mol. The van der Waals surface area contributed by atoms with E-state index in [1.165, 1.54) is 5.56 Å². The van der Waals surface area contributed by atoms with Gasteiger partial charge in [-0.2, -0.15) is 10.1 Å². The first-order valence-corrected chi connectivity index (χ1v) is 8.24. The summed E-state index contributed by atoms with van der Waals surface area (Å²) in [4.78, 5) is 13.6. The molecule has 0 radical (unpaired) electrons. The molecule has 23 heavy (non-hydrogen) atoms. The summed E-state index contributed by atoms with van der Waals surface area (Å²) in [7, 11) is 0. The van der Waals surface area contributed by atoms with E-state index in [-0.39, 0.29) is 0 Å². The summed E-state index contributed by atoms with van der Waals surface area (Å²) in [5, 5.41) is 4.35. The molecule has 124 valence electrons. The van der Waals surface area contributed by atoms with Crippen molar-refractivity contribution in [1.29, 1.82) is 0 Å². The number of hydrogen-bond donors (Lipinski definition) is 1. The smallest absolute Gasteiger partial charge is 0.227 e. The first-order valence-electron chi connectivity index (χ1n) is 8.24. The lowest BCUT2D eigenvalue weighted by atomic mass is 10.3. The quantitative estimate of drug-likeness (QED) is 0.916. The van der Waals surface area contributed by atoms with Crippen LogP contribution in [0.1, 0.15) is 24.6 Å². The molecule has 0 aliphatic carbocycles. The van der Waals surface area contributed by atoms with Crippen LogP contribution in [0.25, 0.3) is 0 Å². The lowest BCUT2D eigenvalue weighted by molar-refractivity contribution is 0.285. The van der Waals surface area contributed by atoms with Gasteiger partial charge in [0.25, 0.3) is 0 Å². The molecule has 0 aromatic carbocycles. The zero-order valence-corrected chi connectivity index (χ0v) is 13.9. The Bertz CT molecular complexity index is 631. The van der Waals surface area contributed by atoms with Crippen LogP contribution in [0.2, 0.25) is 0 Å². The van der Waals surface area contributed by atoms with Gasteiger partial charge in [0.05, 0.1) is 6.20 Å². The van der Waals surface area contributed by atoms with Crippen molar-refractivity contribution >= 4 is 11.8 Å². The van der Waals surface area contributed by atoms with Gasteiger partial charge in [0.2, 0.25) is 5.95 Å². The SMILES string of the molecule is CCn1cc(CN2CCCN(c3nc(C)cc(N)n3)CC2)cn1. The van der Waals surface area contributed by atoms with Crippen molar-refractivity contribution in [3.05, 3.63) is 29.7 Å². The normalized spacial score (nSPS) is 16.5. The third-order valence-corrected chi connectivity index (χ3v) is 4.15. The number of rotatable bonds is 4. The Labute approximate surface area is 137 Å². The maximum atomic E-state index is 5.85. The molecule has 7 heteroatoms. The van der Waals surface area contributed by atoms with E-state index >= 15 is 0 Å². The van der Waals surface area contributed by atoms with E-state index in [0.29, 0.717) is 5.82 Å². The average Bonchev–Trinajstić information content (AvgIpc) is 2.83. The highest BCUT2D eigenvalue weighted by molar-refractivity contribution is 5.40. The lowest BCUT2D eigenvalue weighted by Gasteiger charge is -2.22. The molecule has 0 spiro atoms. The van der Waals surface area contributed by atoms with E-state index in [1.807, 2.05) is 17.8 Å². The van der Waals surface area contributed by atoms with Gasteiger partial charge in [0, 0.05) is 62.8 Å². The summed E-state index contributed by atoms with van der Waals surface area (Å²) in [5.41, 5.74) is 8.04. The van der Waals surface area contributed by atoms with Crippen LogP contribution in [0.15, 0.2) is 18.5 Å². The molecule has 0 atom stereocenters. The van der Waals surface area contributed by atoms with E-state index < -0.39 is 0 Å². The third kappa shape index (κ3) is 3.98. The summed E-state index contributed by atoms with van der Waals surface area (Å²) in [6, 6.07) is 1.80. The van der Waals surface area contributed by atoms with Crippen molar-refractivity contribution in [2.24, 2.45) is 0 Å². The monoisotopic (exact) mass is 315 g/mol. The number of nitrogens with zero attached hydrogens (tertiary/aromatic N) is 6. The van der Waals surface area contributed by atoms with Crippen molar-refractivity contribution in [1.82, 2.24) is 24.6 Å². The number of aryl methyl sites for hydroxylation is 2. The summed E-state index contributed by atoms with van der Waals surface area (Å²) in [6.45, 7) is 9.89. The highest BCUT2D eigenvalue weighted by Gasteiger charge is 2.18. The van der Waals surface area contributed by atoms with E-state index in [0.717, 1.165) is 57.3 Å². The zero-order valence-electron chi connectivity index (χ0n) is 13.9. The molecule has 0 amide bonds. The van der Waals surface area contributed by atoms with E-state index in [4.69, 9.17) is 5.73 Å². The van der Waals surface area contributed by atoms with Gasteiger partial charge in [-0.3, -0.25) is 9.58 Å². The molecule has 1 aliphatic heterocycles. The largest absolute Gasteiger partial charge is 0.384 e. The summed E-state index contributed by atoms with van der Waals surface area (Å²) in [5.74, 6) is 1.30. The molecular formula is C16H25N7. The fourth-order valence-corrected chi connectivity index (χ4v) is 2.97. The van der Waals surface area contributed by atoms with Gasteiger partial charge in [-0.25, -0.2) is 4.98 Å². The molecule has 1 saturated heterocycles. The predicted molar refractivity (Wildman–Crippen MR) is 91.2 cm³/mol. The van der Waals surface area contributed by atoms with Crippen LogP contribution in [0.5, 0.6) is 0 Å². The van der Waals surface area contributed by atoms with Crippen molar-refractivity contribution in [3.63, 3.8) is 0 Å². The zero-order chi connectivity index (χ0) is 16.2. The number of anilines is 2. The molecule has 2 aromatic rings. The Morgan fingerprint density at radius 1 is 1.17 bits per heavy atom. The highest BCUT2D eigenvalue weighted by atomic mass is 15.3. The van der Waals surface area contributed by atoms with E-state index in [1.54, 1.807) is 6.07 Å². The lowest BCUT2D eigenvalue weighted by Crippen LogP contribution is -2.31. The van der Waals surface area contributed by atoms with Gasteiger partial charge in [-0.05, 0) is 20.3 Å². The molecule has 0 saturated carbocycles. The molecule has 2 aromatic heterocycles. The van der Waals surface area contributed by atoms with Gasteiger partial charge in [0.15, 0.2) is 0 Å². The fraction of sp³-hybridized carbons (Fsp3) is 0.562. The Kier molecular flexibility index (Phi) is 4.76. The second kappa shape index (κ2) is 6.95. The maximum Gasteiger partial charge on any atom is 0.227 e. The first kappa shape index (κ1) is 15.7. The van der Waals surface area contributed by atoms with Crippen LogP contribution in [-0.2, 0) is 13.1 Å². The maximum absolute atomic E-state index is 5.85. The summed E-state index contributed by atoms with van der Waals surface area (Å²) < 4.78 is 1.98. The minimum Gasteiger partial charge on any atom is -0.384 e. The van der Waals surface area contributed by atoms with Crippen LogP contribution in [0.3, 0.4) is 0 Å². The van der Waals surface area contributed by atoms with Crippen LogP contribution in [-0.4, -0.2) is 50.8 Å². The Hall–Kier alpha value is -2.15. The molecule has 1 fully saturated rings. The molecule has 1 aliphatic rings. The Balaban J connectivity index is 1.62. The Morgan fingerprint density at radius 2 is 2.04 bits per heavy atom. The van der Waals surface area contributed by atoms with Gasteiger partial charge < -0.3 is 10.6 Å². The standard InChI is InChI=1S/C16H25N7/c1-3-23-12-14(10-18-23)11-21-5-4-6-22(8-7-21)16-19-13(2)9-15(17)20-16/h9-10,12H,3-8,11H2,1-2H3,(H2,17,19,20). The van der Waals surface area contributed by atoms with Crippen LogP contribution < -0.4 is 10.6 Å². The number of nitrogen functional groups attached to an aromatic ring is 1. The molecule has 2 N–H and O–H groups in total. The second-order valence-electron chi connectivity index (χ2n) is 6.06. The molecule has 0 bridgehead atoms. The minimum atomic E-state index is 0.542. The minimum absolute atomic E-state index is 0.542. The van der Waals surface area contributed by atoms with E-state index in [2.05, 4.69) is 38.0 Å². The number of hydrogen-bond acceptors (Lipinski definition) is 6. The predicted octanol–water partition coefficient (Wildman–Crippen LogP) is 1.30.